The van der Waals surface area contributed by atoms with Crippen molar-refractivity contribution in [2.24, 2.45) is 0 Å². The zero-order valence-corrected chi connectivity index (χ0v) is 15.9. The molecule has 29 heavy (non-hydrogen) atoms. The molecule has 0 unspecified atom stereocenters. The SMILES string of the molecule is C=CCO[C@H]1O[C@H](CO)[C@H](O)[C@H](O[C@@H]2O[C@H](CO)[C@H](O)[C@H](O)[C@H]2O)[C@H]1NC(C)=O. The molecule has 12 nitrogen and oxygen atoms in total. The molecule has 0 radical (unpaired) electrons. The van der Waals surface area contributed by atoms with Crippen molar-refractivity contribution in [2.45, 2.75) is 68.3 Å². The van der Waals surface area contributed by atoms with E-state index in [1.54, 1.807) is 0 Å². The Balaban J connectivity index is 2.27. The van der Waals surface area contributed by atoms with E-state index in [1.165, 1.54) is 13.0 Å². The third-order valence-corrected chi connectivity index (χ3v) is 4.74. The van der Waals surface area contributed by atoms with Crippen LogP contribution < -0.4 is 5.32 Å². The molecule has 0 aliphatic carbocycles. The normalized spacial score (nSPS) is 43.0. The lowest BCUT2D eigenvalue weighted by molar-refractivity contribution is -0.344. The van der Waals surface area contributed by atoms with E-state index < -0.39 is 80.5 Å². The summed E-state index contributed by atoms with van der Waals surface area (Å²) in [4.78, 5) is 11.7. The van der Waals surface area contributed by atoms with Crippen LogP contribution >= 0.6 is 0 Å². The molecule has 0 saturated carbocycles. The monoisotopic (exact) mass is 423 g/mol. The van der Waals surface area contributed by atoms with Gasteiger partial charge in [-0.1, -0.05) is 6.08 Å². The van der Waals surface area contributed by atoms with Crippen LogP contribution in [0.5, 0.6) is 0 Å². The first-order valence-electron chi connectivity index (χ1n) is 9.15. The lowest BCUT2D eigenvalue weighted by atomic mass is 9.95. The first kappa shape index (κ1) is 24.1. The number of nitrogens with one attached hydrogen (secondary N) is 1. The minimum atomic E-state index is -1.72. The maximum Gasteiger partial charge on any atom is 0.217 e. The van der Waals surface area contributed by atoms with Crippen LogP contribution in [0.4, 0.5) is 0 Å². The summed E-state index contributed by atoms with van der Waals surface area (Å²) < 4.78 is 21.9. The average molecular weight is 423 g/mol. The molecule has 0 bridgehead atoms. The summed E-state index contributed by atoms with van der Waals surface area (Å²) in [5.74, 6) is -0.497. The zero-order valence-electron chi connectivity index (χ0n) is 15.9. The fourth-order valence-corrected chi connectivity index (χ4v) is 3.26. The Bertz CT molecular complexity index is 547. The van der Waals surface area contributed by atoms with Crippen molar-refractivity contribution in [1.82, 2.24) is 5.32 Å². The van der Waals surface area contributed by atoms with Crippen LogP contribution in [0, 0.1) is 0 Å². The Morgan fingerprint density at radius 1 is 1.00 bits per heavy atom. The first-order chi connectivity index (χ1) is 13.7. The van der Waals surface area contributed by atoms with E-state index in [2.05, 4.69) is 11.9 Å². The molecule has 0 spiro atoms. The van der Waals surface area contributed by atoms with Gasteiger partial charge in [0, 0.05) is 6.92 Å². The van der Waals surface area contributed by atoms with Gasteiger partial charge < -0.3 is 54.9 Å². The quantitative estimate of drug-likeness (QED) is 0.188. The molecule has 2 rings (SSSR count). The van der Waals surface area contributed by atoms with E-state index in [1.807, 2.05) is 0 Å². The molecule has 2 saturated heterocycles. The highest BCUT2D eigenvalue weighted by Gasteiger charge is 2.51. The predicted octanol–water partition coefficient (Wildman–Crippen LogP) is -4.04. The van der Waals surface area contributed by atoms with Crippen molar-refractivity contribution in [3.63, 3.8) is 0 Å². The van der Waals surface area contributed by atoms with Crippen LogP contribution in [0.2, 0.25) is 0 Å². The van der Waals surface area contributed by atoms with Gasteiger partial charge in [0.1, 0.15) is 48.8 Å². The summed E-state index contributed by atoms with van der Waals surface area (Å²) in [6.45, 7) is 3.50. The number of aliphatic hydroxyl groups excluding tert-OH is 6. The lowest BCUT2D eigenvalue weighted by Crippen LogP contribution is -2.68. The van der Waals surface area contributed by atoms with Crippen LogP contribution in [0.3, 0.4) is 0 Å². The molecule has 2 fully saturated rings. The molecule has 0 aromatic heterocycles. The third-order valence-electron chi connectivity index (χ3n) is 4.74. The fraction of sp³-hybridized carbons (Fsp3) is 0.824. The number of amides is 1. The summed E-state index contributed by atoms with van der Waals surface area (Å²) in [7, 11) is 0. The second kappa shape index (κ2) is 10.7. The van der Waals surface area contributed by atoms with Gasteiger partial charge >= 0.3 is 0 Å². The number of aliphatic hydroxyl groups is 6. The first-order valence-corrected chi connectivity index (χ1v) is 9.15. The number of ether oxygens (including phenoxy) is 4. The summed E-state index contributed by atoms with van der Waals surface area (Å²) in [5, 5.41) is 62.0. The number of carbonyl (C=O) groups is 1. The topological polar surface area (TPSA) is 187 Å². The molecule has 2 aliphatic rings. The largest absolute Gasteiger partial charge is 0.394 e. The van der Waals surface area contributed by atoms with Crippen molar-refractivity contribution in [3.05, 3.63) is 12.7 Å². The smallest absolute Gasteiger partial charge is 0.217 e. The molecule has 10 atom stereocenters. The second-order valence-electron chi connectivity index (χ2n) is 6.86. The minimum absolute atomic E-state index is 0.0295. The Labute approximate surface area is 167 Å². The van der Waals surface area contributed by atoms with Gasteiger partial charge in [-0.3, -0.25) is 4.79 Å². The van der Waals surface area contributed by atoms with Crippen molar-refractivity contribution < 1.29 is 54.4 Å². The van der Waals surface area contributed by atoms with Crippen LogP contribution in [0.1, 0.15) is 6.92 Å². The van der Waals surface area contributed by atoms with Crippen molar-refractivity contribution >= 4 is 5.91 Å². The maximum atomic E-state index is 11.7. The summed E-state index contributed by atoms with van der Waals surface area (Å²) >= 11 is 0. The molecule has 2 heterocycles. The van der Waals surface area contributed by atoms with Crippen molar-refractivity contribution in [3.8, 4) is 0 Å². The number of hydrogen-bond acceptors (Lipinski definition) is 11. The highest BCUT2D eigenvalue weighted by atomic mass is 16.7. The van der Waals surface area contributed by atoms with Crippen LogP contribution in [0.25, 0.3) is 0 Å². The van der Waals surface area contributed by atoms with Gasteiger partial charge in [0.05, 0.1) is 19.8 Å². The predicted molar refractivity (Wildman–Crippen MR) is 94.1 cm³/mol. The van der Waals surface area contributed by atoms with Gasteiger partial charge in [0.15, 0.2) is 12.6 Å². The molecule has 168 valence electrons. The Kier molecular flexibility index (Phi) is 8.91. The summed E-state index contributed by atoms with van der Waals surface area (Å²) in [6.07, 6.45) is -11.4. The Morgan fingerprint density at radius 3 is 2.14 bits per heavy atom. The van der Waals surface area contributed by atoms with Gasteiger partial charge in [-0.2, -0.15) is 0 Å². The number of carbonyl (C=O) groups excluding carboxylic acids is 1. The van der Waals surface area contributed by atoms with Gasteiger partial charge in [-0.15, -0.1) is 6.58 Å². The van der Waals surface area contributed by atoms with Gasteiger partial charge in [-0.25, -0.2) is 0 Å². The molecule has 0 aromatic rings. The summed E-state index contributed by atoms with van der Waals surface area (Å²) in [5.41, 5.74) is 0. The highest BCUT2D eigenvalue weighted by molar-refractivity contribution is 5.73. The number of hydrogen-bond donors (Lipinski definition) is 7. The standard InChI is InChI=1S/C17H29NO11/c1-3-4-26-16-10(18-7(2)21)15(12(23)9(6-20)27-16)29-17-14(25)13(24)11(22)8(5-19)28-17/h3,8-17,19-20,22-25H,1,4-6H2,2H3,(H,18,21)/t8-,9-,10-,11+,12+,13+,14-,15-,16+,17+/m1/s1. The van der Waals surface area contributed by atoms with Gasteiger partial charge in [0.25, 0.3) is 0 Å². The second-order valence-corrected chi connectivity index (χ2v) is 6.86. The van der Waals surface area contributed by atoms with E-state index in [0.29, 0.717) is 0 Å². The van der Waals surface area contributed by atoms with E-state index in [9.17, 15) is 35.4 Å². The Hall–Kier alpha value is -1.19. The van der Waals surface area contributed by atoms with E-state index >= 15 is 0 Å². The third kappa shape index (κ3) is 5.49. The molecular weight excluding hydrogens is 394 g/mol. The molecule has 2 aliphatic heterocycles. The highest BCUT2D eigenvalue weighted by Crippen LogP contribution is 2.29. The van der Waals surface area contributed by atoms with E-state index in [4.69, 9.17) is 18.9 Å². The van der Waals surface area contributed by atoms with Crippen LogP contribution in [0.15, 0.2) is 12.7 Å². The van der Waals surface area contributed by atoms with Gasteiger partial charge in [-0.05, 0) is 0 Å². The van der Waals surface area contributed by atoms with Crippen LogP contribution in [-0.2, 0) is 23.7 Å². The van der Waals surface area contributed by atoms with E-state index in [0.717, 1.165) is 0 Å². The molecule has 0 aromatic carbocycles. The minimum Gasteiger partial charge on any atom is -0.394 e. The number of rotatable bonds is 8. The van der Waals surface area contributed by atoms with E-state index in [-0.39, 0.29) is 6.61 Å². The maximum absolute atomic E-state index is 11.7. The molecular formula is C17H29NO11. The molecule has 7 N–H and O–H groups in total. The zero-order chi connectivity index (χ0) is 21.7. The van der Waals surface area contributed by atoms with Crippen molar-refractivity contribution in [1.29, 1.82) is 0 Å². The van der Waals surface area contributed by atoms with Crippen molar-refractivity contribution in [2.75, 3.05) is 19.8 Å². The molecule has 12 heteroatoms. The Morgan fingerprint density at radius 2 is 1.59 bits per heavy atom. The molecule has 1 amide bonds. The van der Waals surface area contributed by atoms with Gasteiger partial charge in [0.2, 0.25) is 5.91 Å². The fourth-order valence-electron chi connectivity index (χ4n) is 3.26. The average Bonchev–Trinajstić information content (AvgIpc) is 2.69. The lowest BCUT2D eigenvalue weighted by Gasteiger charge is -2.47. The van der Waals surface area contributed by atoms with Crippen LogP contribution in [-0.4, -0.2) is 118 Å². The summed E-state index contributed by atoms with van der Waals surface area (Å²) in [6, 6.07) is -1.09.